The fourth-order valence-electron chi connectivity index (χ4n) is 2.69. The molecule has 2 unspecified atom stereocenters. The van der Waals surface area contributed by atoms with Gasteiger partial charge in [0.1, 0.15) is 11.3 Å². The molecule has 0 radical (unpaired) electrons. The minimum atomic E-state index is 0.235. The lowest BCUT2D eigenvalue weighted by atomic mass is 9.82. The van der Waals surface area contributed by atoms with Crippen LogP contribution in [0.5, 0.6) is 5.88 Å². The summed E-state index contributed by atoms with van der Waals surface area (Å²) in [4.78, 5) is 4.14. The smallest absolute Gasteiger partial charge is 0.217 e. The van der Waals surface area contributed by atoms with Gasteiger partial charge >= 0.3 is 0 Å². The lowest BCUT2D eigenvalue weighted by Crippen LogP contribution is -2.28. The van der Waals surface area contributed by atoms with Crippen molar-refractivity contribution in [1.29, 1.82) is 0 Å². The molecule has 94 valence electrons. The molecule has 1 heterocycles. The predicted molar refractivity (Wildman–Crippen MR) is 70.3 cm³/mol. The zero-order valence-electron chi connectivity index (χ0n) is 10.3. The molecule has 0 amide bonds. The molecule has 0 bridgehead atoms. The zero-order valence-corrected chi connectivity index (χ0v) is 11.1. The number of nitrogens with two attached hydrogens (primary N) is 1. The van der Waals surface area contributed by atoms with E-state index in [2.05, 4.69) is 18.8 Å². The van der Waals surface area contributed by atoms with Crippen LogP contribution in [-0.4, -0.2) is 11.1 Å². The maximum atomic E-state index is 5.88. The van der Waals surface area contributed by atoms with Gasteiger partial charge in [0.2, 0.25) is 5.88 Å². The third-order valence-corrected chi connectivity index (χ3v) is 3.41. The van der Waals surface area contributed by atoms with E-state index >= 15 is 0 Å². The Hall–Kier alpha value is -0.960. The minimum Gasteiger partial charge on any atom is -0.474 e. The lowest BCUT2D eigenvalue weighted by molar-refractivity contribution is 0.0968. The Morgan fingerprint density at radius 1 is 1.24 bits per heavy atom. The molecule has 2 N–H and O–H groups in total. The summed E-state index contributed by atoms with van der Waals surface area (Å²) in [5.74, 6) is 1.96. The summed E-state index contributed by atoms with van der Waals surface area (Å²) in [7, 11) is 0. The molecule has 3 nitrogen and oxygen atoms in total. The van der Waals surface area contributed by atoms with E-state index in [1.54, 1.807) is 12.1 Å². The fraction of sp³-hybridized carbons (Fsp3) is 0.615. The first-order valence-corrected chi connectivity index (χ1v) is 6.50. The van der Waals surface area contributed by atoms with Gasteiger partial charge in [-0.05, 0) is 37.2 Å². The van der Waals surface area contributed by atoms with Crippen molar-refractivity contribution in [3.05, 3.63) is 17.3 Å². The summed E-state index contributed by atoms with van der Waals surface area (Å²) in [6.45, 7) is 4.54. The van der Waals surface area contributed by atoms with Crippen molar-refractivity contribution in [1.82, 2.24) is 4.98 Å². The summed E-state index contributed by atoms with van der Waals surface area (Å²) in [6, 6.07) is 3.36. The average Bonchev–Trinajstić information content (AvgIpc) is 2.13. The Morgan fingerprint density at radius 2 is 1.88 bits per heavy atom. The second-order valence-electron chi connectivity index (χ2n) is 5.22. The Bertz CT molecular complexity index is 367. The first-order chi connectivity index (χ1) is 8.02. The van der Waals surface area contributed by atoms with Gasteiger partial charge in [-0.3, -0.25) is 0 Å². The van der Waals surface area contributed by atoms with E-state index in [1.807, 2.05) is 0 Å². The van der Waals surface area contributed by atoms with Gasteiger partial charge in [0.15, 0.2) is 0 Å². The molecule has 0 saturated heterocycles. The number of hydrogen-bond donors (Lipinski definition) is 1. The molecule has 1 aliphatic rings. The molecule has 17 heavy (non-hydrogen) atoms. The van der Waals surface area contributed by atoms with Crippen molar-refractivity contribution in [2.75, 3.05) is 5.73 Å². The van der Waals surface area contributed by atoms with Gasteiger partial charge in [0.05, 0.1) is 0 Å². The summed E-state index contributed by atoms with van der Waals surface area (Å²) in [5, 5.41) is 0.386. The van der Waals surface area contributed by atoms with Gasteiger partial charge in [-0.25, -0.2) is 4.98 Å². The highest BCUT2D eigenvalue weighted by atomic mass is 35.5. The van der Waals surface area contributed by atoms with Crippen molar-refractivity contribution in [3.63, 3.8) is 0 Å². The SMILES string of the molecule is CC1CC(C)CC(Oc2cc(N)cc(Cl)n2)C1. The number of nitrogen functional groups attached to an aromatic ring is 1. The highest BCUT2D eigenvalue weighted by Crippen LogP contribution is 2.31. The predicted octanol–water partition coefficient (Wildman–Crippen LogP) is 3.52. The number of anilines is 1. The van der Waals surface area contributed by atoms with Crippen LogP contribution in [0, 0.1) is 11.8 Å². The highest BCUT2D eigenvalue weighted by Gasteiger charge is 2.25. The van der Waals surface area contributed by atoms with E-state index in [0.29, 0.717) is 28.6 Å². The summed E-state index contributed by atoms with van der Waals surface area (Å²) in [5.41, 5.74) is 6.31. The van der Waals surface area contributed by atoms with Crippen LogP contribution in [0.1, 0.15) is 33.1 Å². The number of nitrogens with zero attached hydrogens (tertiary/aromatic N) is 1. The molecule has 4 heteroatoms. The number of halogens is 1. The molecule has 1 fully saturated rings. The van der Waals surface area contributed by atoms with Gasteiger partial charge in [0.25, 0.3) is 0 Å². The second kappa shape index (κ2) is 5.13. The van der Waals surface area contributed by atoms with Crippen molar-refractivity contribution < 1.29 is 4.74 Å². The average molecular weight is 255 g/mol. The van der Waals surface area contributed by atoms with Gasteiger partial charge in [-0.1, -0.05) is 25.4 Å². The number of hydrogen-bond acceptors (Lipinski definition) is 3. The normalized spacial score (nSPS) is 29.0. The molecule has 1 aliphatic carbocycles. The van der Waals surface area contributed by atoms with Crippen LogP contribution in [0.25, 0.3) is 0 Å². The first kappa shape index (κ1) is 12.5. The Kier molecular flexibility index (Phi) is 3.77. The number of pyridine rings is 1. The molecule has 1 aromatic heterocycles. The highest BCUT2D eigenvalue weighted by molar-refractivity contribution is 6.29. The van der Waals surface area contributed by atoms with Crippen molar-refractivity contribution in [2.24, 2.45) is 11.8 Å². The molecular weight excluding hydrogens is 236 g/mol. The van der Waals surface area contributed by atoms with Gasteiger partial charge in [0, 0.05) is 11.8 Å². The third kappa shape index (κ3) is 3.50. The van der Waals surface area contributed by atoms with E-state index in [9.17, 15) is 0 Å². The minimum absolute atomic E-state index is 0.235. The zero-order chi connectivity index (χ0) is 12.4. The molecule has 0 aromatic carbocycles. The Balaban J connectivity index is 2.04. The number of ether oxygens (including phenoxy) is 1. The van der Waals surface area contributed by atoms with Crippen LogP contribution in [0.15, 0.2) is 12.1 Å². The molecule has 2 rings (SSSR count). The summed E-state index contributed by atoms with van der Waals surface area (Å²) < 4.78 is 5.88. The van der Waals surface area contributed by atoms with Crippen LogP contribution in [-0.2, 0) is 0 Å². The van der Waals surface area contributed by atoms with E-state index in [1.165, 1.54) is 6.42 Å². The molecule has 1 aromatic rings. The van der Waals surface area contributed by atoms with Crippen molar-refractivity contribution in [2.45, 2.75) is 39.2 Å². The quantitative estimate of drug-likeness (QED) is 0.822. The summed E-state index contributed by atoms with van der Waals surface area (Å²) in [6.07, 6.45) is 3.68. The second-order valence-corrected chi connectivity index (χ2v) is 5.61. The standard InChI is InChI=1S/C13H19ClN2O/c1-8-3-9(2)5-11(4-8)17-13-7-10(15)6-12(14)16-13/h6-9,11H,3-5H2,1-2H3,(H2,15,16). The monoisotopic (exact) mass is 254 g/mol. The van der Waals surface area contributed by atoms with Crippen LogP contribution in [0.2, 0.25) is 5.15 Å². The molecule has 1 saturated carbocycles. The lowest BCUT2D eigenvalue weighted by Gasteiger charge is -2.31. The van der Waals surface area contributed by atoms with Crippen LogP contribution >= 0.6 is 11.6 Å². The largest absolute Gasteiger partial charge is 0.474 e. The molecule has 0 spiro atoms. The fourth-order valence-corrected chi connectivity index (χ4v) is 2.90. The topological polar surface area (TPSA) is 48.1 Å². The van der Waals surface area contributed by atoms with Crippen molar-refractivity contribution >= 4 is 17.3 Å². The maximum absolute atomic E-state index is 5.88. The first-order valence-electron chi connectivity index (χ1n) is 6.12. The van der Waals surface area contributed by atoms with Crippen LogP contribution in [0.4, 0.5) is 5.69 Å². The van der Waals surface area contributed by atoms with Crippen LogP contribution in [0.3, 0.4) is 0 Å². The van der Waals surface area contributed by atoms with Crippen molar-refractivity contribution in [3.8, 4) is 5.88 Å². The molecule has 0 aliphatic heterocycles. The van der Waals surface area contributed by atoms with Gasteiger partial charge in [-0.15, -0.1) is 0 Å². The van der Waals surface area contributed by atoms with Gasteiger partial charge in [-0.2, -0.15) is 0 Å². The van der Waals surface area contributed by atoms with Crippen LogP contribution < -0.4 is 10.5 Å². The van der Waals surface area contributed by atoms with E-state index in [-0.39, 0.29) is 6.10 Å². The number of rotatable bonds is 2. The maximum Gasteiger partial charge on any atom is 0.217 e. The van der Waals surface area contributed by atoms with E-state index in [4.69, 9.17) is 22.1 Å². The van der Waals surface area contributed by atoms with E-state index in [0.717, 1.165) is 12.8 Å². The van der Waals surface area contributed by atoms with E-state index < -0.39 is 0 Å². The Morgan fingerprint density at radius 3 is 2.47 bits per heavy atom. The Labute approximate surface area is 107 Å². The molecule has 2 atom stereocenters. The number of aromatic nitrogens is 1. The third-order valence-electron chi connectivity index (χ3n) is 3.22. The molecular formula is C13H19ClN2O. The summed E-state index contributed by atoms with van der Waals surface area (Å²) >= 11 is 5.85. The van der Waals surface area contributed by atoms with Gasteiger partial charge < -0.3 is 10.5 Å².